The summed E-state index contributed by atoms with van der Waals surface area (Å²) in [7, 11) is 0. The summed E-state index contributed by atoms with van der Waals surface area (Å²) < 4.78 is 0. The van der Waals surface area contributed by atoms with E-state index in [0.717, 1.165) is 6.42 Å². The van der Waals surface area contributed by atoms with Crippen molar-refractivity contribution in [1.29, 1.82) is 0 Å². The van der Waals surface area contributed by atoms with E-state index in [9.17, 15) is 19.5 Å². The van der Waals surface area contributed by atoms with E-state index in [0.29, 0.717) is 48.1 Å². The molecular weight excluding hydrogens is 380 g/mol. The Labute approximate surface area is 177 Å². The molecule has 1 aliphatic heterocycles. The normalized spacial score (nSPS) is 20.1. The number of hydrogen-bond donors (Lipinski definition) is 1. The molecule has 6 nitrogen and oxygen atoms in total. The predicted molar refractivity (Wildman–Crippen MR) is 116 cm³/mol. The number of carbonyl (C=O) groups is 3. The van der Waals surface area contributed by atoms with E-state index < -0.39 is 0 Å². The highest BCUT2D eigenvalue weighted by molar-refractivity contribution is 6.23. The summed E-state index contributed by atoms with van der Waals surface area (Å²) in [6.45, 7) is 8.17. The zero-order chi connectivity index (χ0) is 22.1. The van der Waals surface area contributed by atoms with Crippen molar-refractivity contribution in [3.8, 4) is 0 Å². The number of aliphatic imine (C=N–C) groups is 1. The summed E-state index contributed by atoms with van der Waals surface area (Å²) in [5, 5.41) is 10.6. The number of amides is 2. The van der Waals surface area contributed by atoms with Gasteiger partial charge in [0, 0.05) is 31.1 Å². The van der Waals surface area contributed by atoms with Crippen LogP contribution in [0.1, 0.15) is 80.5 Å². The summed E-state index contributed by atoms with van der Waals surface area (Å²) in [6, 6.07) is 6.83. The molecule has 0 saturated heterocycles. The maximum Gasteiger partial charge on any atom is 0.261 e. The van der Waals surface area contributed by atoms with E-state index in [2.05, 4.69) is 0 Å². The van der Waals surface area contributed by atoms with Gasteiger partial charge in [0.2, 0.25) is 0 Å². The van der Waals surface area contributed by atoms with Crippen LogP contribution in [-0.2, 0) is 4.79 Å². The van der Waals surface area contributed by atoms with Crippen molar-refractivity contribution in [2.75, 3.05) is 6.54 Å². The molecule has 0 radical (unpaired) electrons. The molecule has 1 aliphatic carbocycles. The molecular formula is C24H30N2O4. The number of aliphatic hydroxyl groups excluding tert-OH is 1. The number of nitrogens with zero attached hydrogens (tertiary/aromatic N) is 2. The van der Waals surface area contributed by atoms with Crippen LogP contribution < -0.4 is 0 Å². The van der Waals surface area contributed by atoms with Crippen LogP contribution in [0.5, 0.6) is 0 Å². The van der Waals surface area contributed by atoms with Gasteiger partial charge in [-0.15, -0.1) is 0 Å². The zero-order valence-electron chi connectivity index (χ0n) is 18.2. The summed E-state index contributed by atoms with van der Waals surface area (Å²) in [5.41, 5.74) is 1.50. The van der Waals surface area contributed by atoms with Crippen molar-refractivity contribution in [2.45, 2.75) is 65.8 Å². The van der Waals surface area contributed by atoms with E-state index in [1.165, 1.54) is 4.90 Å². The number of Topliss-reactive ketones (excluding diaryl/α,β-unsaturated/α-hetero) is 1. The largest absolute Gasteiger partial charge is 0.511 e. The van der Waals surface area contributed by atoms with Crippen LogP contribution >= 0.6 is 0 Å². The predicted octanol–water partition coefficient (Wildman–Crippen LogP) is 4.50. The number of imide groups is 1. The Bertz CT molecular complexity index is 907. The number of aliphatic hydroxyl groups is 1. The van der Waals surface area contributed by atoms with Crippen LogP contribution in [0.25, 0.3) is 0 Å². The number of carbonyl (C=O) groups excluding carboxylic acids is 3. The van der Waals surface area contributed by atoms with Gasteiger partial charge in [0.05, 0.1) is 16.7 Å². The monoisotopic (exact) mass is 410 g/mol. The van der Waals surface area contributed by atoms with Crippen molar-refractivity contribution >= 4 is 23.3 Å². The average Bonchev–Trinajstić information content (AvgIpc) is 2.91. The van der Waals surface area contributed by atoms with Crippen molar-refractivity contribution in [3.05, 3.63) is 46.7 Å². The van der Waals surface area contributed by atoms with E-state index in [1.54, 1.807) is 24.3 Å². The molecule has 1 aromatic rings. The van der Waals surface area contributed by atoms with E-state index in [4.69, 9.17) is 4.99 Å². The first-order chi connectivity index (χ1) is 14.1. The Morgan fingerprint density at radius 2 is 1.73 bits per heavy atom. The first kappa shape index (κ1) is 21.9. The molecule has 1 unspecified atom stereocenters. The number of benzene rings is 1. The number of hydrogen-bond acceptors (Lipinski definition) is 5. The van der Waals surface area contributed by atoms with Gasteiger partial charge in [-0.3, -0.25) is 24.3 Å². The van der Waals surface area contributed by atoms with Crippen LogP contribution in [0.15, 0.2) is 40.6 Å². The quantitative estimate of drug-likeness (QED) is 0.529. The molecule has 30 heavy (non-hydrogen) atoms. The maximum atomic E-state index is 12.8. The van der Waals surface area contributed by atoms with Crippen LogP contribution in [0, 0.1) is 5.41 Å². The highest BCUT2D eigenvalue weighted by Crippen LogP contribution is 2.36. The van der Waals surface area contributed by atoms with E-state index in [1.807, 2.05) is 27.7 Å². The topological polar surface area (TPSA) is 87.0 Å². The van der Waals surface area contributed by atoms with E-state index in [-0.39, 0.29) is 41.4 Å². The van der Waals surface area contributed by atoms with Gasteiger partial charge < -0.3 is 5.11 Å². The molecule has 0 aromatic heterocycles. The molecule has 1 heterocycles. The lowest BCUT2D eigenvalue weighted by Crippen LogP contribution is -2.32. The van der Waals surface area contributed by atoms with Crippen LogP contribution in [-0.4, -0.2) is 45.9 Å². The first-order valence-corrected chi connectivity index (χ1v) is 10.6. The third-order valence-corrected chi connectivity index (χ3v) is 5.78. The molecule has 0 fully saturated rings. The van der Waals surface area contributed by atoms with Gasteiger partial charge in [-0.2, -0.15) is 0 Å². The lowest BCUT2D eigenvalue weighted by atomic mass is 9.75. The Kier molecular flexibility index (Phi) is 6.25. The Morgan fingerprint density at radius 3 is 2.27 bits per heavy atom. The fraction of sp³-hybridized carbons (Fsp3) is 0.500. The molecule has 160 valence electrons. The Morgan fingerprint density at radius 1 is 1.13 bits per heavy atom. The SMILES string of the molecule is CCC(C)N=C(CCCN1C(=O)c2ccccc2C1=O)C1=C(O)CC(C)(C)CC1=O. The van der Waals surface area contributed by atoms with Gasteiger partial charge in [0.15, 0.2) is 5.78 Å². The van der Waals surface area contributed by atoms with Gasteiger partial charge in [0.1, 0.15) is 5.76 Å². The molecule has 2 amide bonds. The van der Waals surface area contributed by atoms with Crippen LogP contribution in [0.2, 0.25) is 0 Å². The number of allylic oxidation sites excluding steroid dienone is 2. The highest BCUT2D eigenvalue weighted by atomic mass is 16.3. The third-order valence-electron chi connectivity index (χ3n) is 5.78. The standard InChI is InChI=1S/C24H30N2O4/c1-5-15(2)25-18(21-19(27)13-24(3,4)14-20(21)28)11-8-12-26-22(29)16-9-6-7-10-17(16)23(26)30/h6-7,9-10,15,27H,5,8,11-14H2,1-4H3. The minimum absolute atomic E-state index is 0.0161. The minimum atomic E-state index is -0.284. The number of ketones is 1. The molecule has 0 bridgehead atoms. The second-order valence-electron chi connectivity index (χ2n) is 9.01. The average molecular weight is 411 g/mol. The molecule has 0 saturated carbocycles. The van der Waals surface area contributed by atoms with Crippen molar-refractivity contribution < 1.29 is 19.5 Å². The molecule has 1 N–H and O–H groups in total. The fourth-order valence-corrected chi connectivity index (χ4v) is 4.07. The van der Waals surface area contributed by atoms with Gasteiger partial charge in [-0.05, 0) is 43.7 Å². The second-order valence-corrected chi connectivity index (χ2v) is 9.01. The minimum Gasteiger partial charge on any atom is -0.511 e. The summed E-state index contributed by atoms with van der Waals surface area (Å²) in [6.07, 6.45) is 2.52. The highest BCUT2D eigenvalue weighted by Gasteiger charge is 2.36. The zero-order valence-corrected chi connectivity index (χ0v) is 18.2. The van der Waals surface area contributed by atoms with Gasteiger partial charge in [-0.25, -0.2) is 0 Å². The molecule has 1 aromatic carbocycles. The van der Waals surface area contributed by atoms with Gasteiger partial charge in [0.25, 0.3) is 11.8 Å². The third kappa shape index (κ3) is 4.37. The number of rotatable bonds is 7. The maximum absolute atomic E-state index is 12.8. The Balaban J connectivity index is 1.77. The Hall–Kier alpha value is -2.76. The van der Waals surface area contributed by atoms with Crippen molar-refractivity contribution in [3.63, 3.8) is 0 Å². The fourth-order valence-electron chi connectivity index (χ4n) is 4.07. The lowest BCUT2D eigenvalue weighted by Gasteiger charge is -2.30. The van der Waals surface area contributed by atoms with Crippen molar-refractivity contribution in [1.82, 2.24) is 4.90 Å². The molecule has 1 atom stereocenters. The van der Waals surface area contributed by atoms with E-state index >= 15 is 0 Å². The lowest BCUT2D eigenvalue weighted by molar-refractivity contribution is -0.118. The first-order valence-electron chi connectivity index (χ1n) is 10.6. The number of fused-ring (bicyclic) bond motifs is 1. The van der Waals surface area contributed by atoms with Crippen LogP contribution in [0.3, 0.4) is 0 Å². The van der Waals surface area contributed by atoms with Gasteiger partial charge >= 0.3 is 0 Å². The van der Waals surface area contributed by atoms with Gasteiger partial charge in [-0.1, -0.05) is 32.9 Å². The van der Waals surface area contributed by atoms with Crippen molar-refractivity contribution in [2.24, 2.45) is 10.4 Å². The second kappa shape index (κ2) is 8.54. The molecule has 0 spiro atoms. The molecule has 6 heteroatoms. The molecule has 2 aliphatic rings. The summed E-state index contributed by atoms with van der Waals surface area (Å²) in [5.74, 6) is -0.562. The molecule has 3 rings (SSSR count). The summed E-state index contributed by atoms with van der Waals surface area (Å²) >= 11 is 0. The van der Waals surface area contributed by atoms with Crippen LogP contribution in [0.4, 0.5) is 0 Å². The smallest absolute Gasteiger partial charge is 0.261 e. The summed E-state index contributed by atoms with van der Waals surface area (Å²) in [4.78, 5) is 43.9.